The molecule has 2 aliphatic rings. The van der Waals surface area contributed by atoms with Crippen molar-refractivity contribution in [3.05, 3.63) is 47.8 Å². The van der Waals surface area contributed by atoms with Crippen molar-refractivity contribution in [2.24, 2.45) is 11.3 Å². The summed E-state index contributed by atoms with van der Waals surface area (Å²) in [7, 11) is 1.45. The van der Waals surface area contributed by atoms with E-state index in [-0.39, 0.29) is 35.1 Å². The molecule has 1 heterocycles. The largest absolute Gasteiger partial charge is 0.542 e. The monoisotopic (exact) mass is 682 g/mol. The van der Waals surface area contributed by atoms with Crippen LogP contribution in [0.5, 0.6) is 11.5 Å². The summed E-state index contributed by atoms with van der Waals surface area (Å²) in [6, 6.07) is 10.8. The Morgan fingerprint density at radius 3 is 2.04 bits per heavy atom. The lowest BCUT2D eigenvalue weighted by Crippen LogP contribution is -2.83. The number of aliphatic carboxylic acids is 1. The number of amides is 1. The fraction of sp³-hybridized carbons (Fsp3) is 0.571. The number of halogens is 4. The van der Waals surface area contributed by atoms with Crippen LogP contribution in [0, 0.1) is 17.2 Å². The van der Waals surface area contributed by atoms with Gasteiger partial charge in [-0.3, -0.25) is 9.59 Å². The number of carbonyl (C=O) groups is 3. The summed E-state index contributed by atoms with van der Waals surface area (Å²) >= 11 is 0. The van der Waals surface area contributed by atoms with Gasteiger partial charge >= 0.3 is 12.1 Å². The molecule has 48 heavy (non-hydrogen) atoms. The molecule has 0 radical (unpaired) electrons. The van der Waals surface area contributed by atoms with Crippen molar-refractivity contribution in [2.45, 2.75) is 84.5 Å². The Bertz CT molecular complexity index is 1350. The predicted molar refractivity (Wildman–Crippen MR) is 167 cm³/mol. The molecule has 2 aromatic rings. The normalized spacial score (nSPS) is 20.9. The summed E-state index contributed by atoms with van der Waals surface area (Å²) in [4.78, 5) is 35.9. The van der Waals surface area contributed by atoms with Gasteiger partial charge in [0.05, 0.1) is 38.3 Å². The molecular formula is C35H46F4N2O7. The minimum atomic E-state index is -5.19. The first-order valence-electron chi connectivity index (χ1n) is 16.4. The molecule has 1 saturated heterocycles. The zero-order valence-electron chi connectivity index (χ0n) is 28.0. The minimum Gasteiger partial charge on any atom is -0.542 e. The Morgan fingerprint density at radius 2 is 1.56 bits per heavy atom. The SMILES string of the molecule is CCOc1cc(C[NH2+]CCC2(CC)CC(=O)N(C3CCC(C(=O)OC)CC3)C2)cc(OCC)c1-c1ccc(F)cc1.O=C([O-])C(F)(F)F. The molecule has 1 aliphatic carbocycles. The summed E-state index contributed by atoms with van der Waals surface area (Å²) in [6.07, 6.45) is 0.668. The molecule has 9 nitrogen and oxygen atoms in total. The molecule has 0 aromatic heterocycles. The highest BCUT2D eigenvalue weighted by Gasteiger charge is 2.45. The van der Waals surface area contributed by atoms with E-state index in [1.165, 1.54) is 19.2 Å². The van der Waals surface area contributed by atoms with E-state index in [1.807, 2.05) is 13.8 Å². The topological polar surface area (TPSA) is 122 Å². The highest BCUT2D eigenvalue weighted by Crippen LogP contribution is 2.42. The molecule has 2 fully saturated rings. The molecule has 0 bridgehead atoms. The molecule has 13 heteroatoms. The zero-order chi connectivity index (χ0) is 35.5. The molecule has 1 atom stereocenters. The third-order valence-electron chi connectivity index (χ3n) is 9.12. The second-order valence-corrected chi connectivity index (χ2v) is 12.2. The van der Waals surface area contributed by atoms with E-state index in [1.54, 1.807) is 12.1 Å². The van der Waals surface area contributed by atoms with Gasteiger partial charge in [0, 0.05) is 36.4 Å². The van der Waals surface area contributed by atoms with E-state index < -0.39 is 12.1 Å². The summed E-state index contributed by atoms with van der Waals surface area (Å²) in [5.41, 5.74) is 2.78. The van der Waals surface area contributed by atoms with Crippen molar-refractivity contribution in [3.8, 4) is 22.6 Å². The summed E-state index contributed by atoms with van der Waals surface area (Å²) < 4.78 is 62.1. The summed E-state index contributed by atoms with van der Waals surface area (Å²) in [5, 5.41) is 11.1. The number of esters is 1. The number of carboxylic acids is 1. The average molecular weight is 683 g/mol. The molecule has 2 N–H and O–H groups in total. The van der Waals surface area contributed by atoms with Crippen LogP contribution >= 0.6 is 0 Å². The fourth-order valence-electron chi connectivity index (χ4n) is 6.51. The third kappa shape index (κ3) is 10.3. The number of methoxy groups -OCH3 is 1. The average Bonchev–Trinajstić information content (AvgIpc) is 3.40. The lowest BCUT2D eigenvalue weighted by Gasteiger charge is -2.35. The standard InChI is InChI=1S/C33H45FN2O5.C2HF3O2/c1-5-33(20-30(37)36(22-33)27-14-10-25(11-15-27)32(38)39-4)16-17-35-21-23-18-28(40-6-2)31(29(19-23)41-7-3)24-8-12-26(34)13-9-24;3-2(4,5)1(6)7/h8-9,12-13,18-19,25,27,35H,5-7,10-11,14-17,20-22H2,1-4H3;(H,6,7). The van der Waals surface area contributed by atoms with Crippen molar-refractivity contribution in [3.63, 3.8) is 0 Å². The van der Waals surface area contributed by atoms with E-state index in [4.69, 9.17) is 24.1 Å². The van der Waals surface area contributed by atoms with Crippen LogP contribution in [0.4, 0.5) is 17.6 Å². The van der Waals surface area contributed by atoms with E-state index >= 15 is 0 Å². The van der Waals surface area contributed by atoms with Crippen LogP contribution in [0.1, 0.15) is 71.3 Å². The van der Waals surface area contributed by atoms with Gasteiger partial charge in [0.25, 0.3) is 0 Å². The molecule has 1 saturated carbocycles. The molecule has 266 valence electrons. The Hall–Kier alpha value is -3.87. The summed E-state index contributed by atoms with van der Waals surface area (Å²) in [5.74, 6) is -1.72. The highest BCUT2D eigenvalue weighted by atomic mass is 19.4. The van der Waals surface area contributed by atoms with Crippen LogP contribution in [0.3, 0.4) is 0 Å². The van der Waals surface area contributed by atoms with Crippen molar-refractivity contribution in [1.29, 1.82) is 0 Å². The van der Waals surface area contributed by atoms with E-state index in [0.29, 0.717) is 19.6 Å². The number of nitrogens with zero attached hydrogens (tertiary/aromatic N) is 1. The number of alkyl halides is 3. The number of carbonyl (C=O) groups excluding carboxylic acids is 3. The van der Waals surface area contributed by atoms with Crippen LogP contribution < -0.4 is 19.9 Å². The number of hydrogen-bond acceptors (Lipinski definition) is 7. The summed E-state index contributed by atoms with van der Waals surface area (Å²) in [6.45, 7) is 9.61. The molecule has 1 unspecified atom stereocenters. The number of benzene rings is 2. The zero-order valence-corrected chi connectivity index (χ0v) is 28.0. The number of quaternary nitrogens is 1. The first kappa shape index (κ1) is 38.6. The Balaban J connectivity index is 0.000000804. The minimum absolute atomic E-state index is 0.00775. The van der Waals surface area contributed by atoms with Gasteiger partial charge in [0.2, 0.25) is 5.91 Å². The van der Waals surface area contributed by atoms with Gasteiger partial charge in [0.1, 0.15) is 29.8 Å². The number of likely N-dealkylation sites (tertiary alicyclic amines) is 1. The number of hydrogen-bond donors (Lipinski definition) is 1. The second kappa shape index (κ2) is 17.5. The Kier molecular flexibility index (Phi) is 14.1. The van der Waals surface area contributed by atoms with Crippen LogP contribution in [0.15, 0.2) is 36.4 Å². The Morgan fingerprint density at radius 1 is 1.00 bits per heavy atom. The lowest BCUT2D eigenvalue weighted by molar-refractivity contribution is -0.672. The number of nitrogens with two attached hydrogens (primary N) is 1. The van der Waals surface area contributed by atoms with Gasteiger partial charge in [-0.05, 0) is 75.8 Å². The quantitative estimate of drug-likeness (QED) is 0.189. The number of rotatable bonds is 13. The second-order valence-electron chi connectivity index (χ2n) is 12.2. The molecule has 1 amide bonds. The molecule has 4 rings (SSSR count). The molecular weight excluding hydrogens is 636 g/mol. The highest BCUT2D eigenvalue weighted by molar-refractivity contribution is 5.80. The van der Waals surface area contributed by atoms with Crippen molar-refractivity contribution >= 4 is 17.8 Å². The molecule has 1 aliphatic heterocycles. The Labute approximate surface area is 278 Å². The number of ether oxygens (including phenoxy) is 3. The lowest BCUT2D eigenvalue weighted by atomic mass is 9.80. The van der Waals surface area contributed by atoms with Crippen LogP contribution in [-0.4, -0.2) is 68.4 Å². The maximum Gasteiger partial charge on any atom is 0.430 e. The molecule has 2 aromatic carbocycles. The van der Waals surface area contributed by atoms with Crippen molar-refractivity contribution in [2.75, 3.05) is 33.4 Å². The van der Waals surface area contributed by atoms with Gasteiger partial charge in [-0.25, -0.2) is 4.39 Å². The first-order chi connectivity index (χ1) is 22.8. The van der Waals surface area contributed by atoms with Gasteiger partial charge in [-0.2, -0.15) is 13.2 Å². The maximum absolute atomic E-state index is 13.6. The molecule has 0 spiro atoms. The van der Waals surface area contributed by atoms with Gasteiger partial charge in [0.15, 0.2) is 0 Å². The first-order valence-corrected chi connectivity index (χ1v) is 16.4. The van der Waals surface area contributed by atoms with Gasteiger partial charge in [-0.1, -0.05) is 19.1 Å². The van der Waals surface area contributed by atoms with E-state index in [9.17, 15) is 27.2 Å². The van der Waals surface area contributed by atoms with Gasteiger partial charge < -0.3 is 34.3 Å². The van der Waals surface area contributed by atoms with E-state index in [2.05, 4.69) is 29.3 Å². The fourth-order valence-corrected chi connectivity index (χ4v) is 6.51. The van der Waals surface area contributed by atoms with Gasteiger partial charge in [-0.15, -0.1) is 0 Å². The van der Waals surface area contributed by atoms with Crippen LogP contribution in [0.25, 0.3) is 11.1 Å². The predicted octanol–water partition coefficient (Wildman–Crippen LogP) is 4.40. The van der Waals surface area contributed by atoms with Crippen LogP contribution in [0.2, 0.25) is 0 Å². The van der Waals surface area contributed by atoms with Crippen molar-refractivity contribution in [1.82, 2.24) is 4.90 Å². The third-order valence-corrected chi connectivity index (χ3v) is 9.12. The smallest absolute Gasteiger partial charge is 0.430 e. The van der Waals surface area contributed by atoms with Crippen molar-refractivity contribution < 1.29 is 56.6 Å². The maximum atomic E-state index is 13.6. The van der Waals surface area contributed by atoms with Crippen LogP contribution in [-0.2, 0) is 25.7 Å². The number of carboxylic acid groups (broad SMARTS) is 1. The van der Waals surface area contributed by atoms with E-state index in [0.717, 1.165) is 86.3 Å².